The summed E-state index contributed by atoms with van der Waals surface area (Å²) in [6.45, 7) is 0. The molecular formula is C54H36N2. The number of benzene rings is 9. The summed E-state index contributed by atoms with van der Waals surface area (Å²) in [5.41, 5.74) is 16.8. The third kappa shape index (κ3) is 5.34. The van der Waals surface area contributed by atoms with E-state index < -0.39 is 0 Å². The van der Waals surface area contributed by atoms with E-state index in [0.717, 1.165) is 11.4 Å². The predicted octanol–water partition coefficient (Wildman–Crippen LogP) is 14.5. The quantitative estimate of drug-likeness (QED) is 0.162. The van der Waals surface area contributed by atoms with Crippen molar-refractivity contribution in [2.75, 3.05) is 0 Å². The molecule has 0 saturated heterocycles. The average molecular weight is 713 g/mol. The van der Waals surface area contributed by atoms with Gasteiger partial charge in [-0.15, -0.1) is 0 Å². The molecule has 0 bridgehead atoms. The van der Waals surface area contributed by atoms with Crippen LogP contribution in [0.4, 0.5) is 0 Å². The maximum atomic E-state index is 2.43. The van der Waals surface area contributed by atoms with Gasteiger partial charge in [0.1, 0.15) is 0 Å². The highest BCUT2D eigenvalue weighted by Crippen LogP contribution is 2.39. The van der Waals surface area contributed by atoms with Gasteiger partial charge in [-0.25, -0.2) is 0 Å². The van der Waals surface area contributed by atoms with Gasteiger partial charge in [0.25, 0.3) is 0 Å². The number of aromatic nitrogens is 2. The maximum Gasteiger partial charge on any atom is 0.0547 e. The van der Waals surface area contributed by atoms with E-state index in [1.165, 1.54) is 88.1 Å². The molecule has 11 aromatic rings. The summed E-state index contributed by atoms with van der Waals surface area (Å²) < 4.78 is 4.84. The molecule has 11 rings (SSSR count). The molecule has 0 aliphatic rings. The van der Waals surface area contributed by atoms with Gasteiger partial charge in [-0.05, 0) is 99.1 Å². The number of para-hydroxylation sites is 2. The summed E-state index contributed by atoms with van der Waals surface area (Å²) in [5.74, 6) is 0. The second kappa shape index (κ2) is 13.2. The van der Waals surface area contributed by atoms with Crippen molar-refractivity contribution < 1.29 is 0 Å². The lowest BCUT2D eigenvalue weighted by Gasteiger charge is -2.12. The van der Waals surface area contributed by atoms with Crippen molar-refractivity contribution in [1.29, 1.82) is 0 Å². The Hall–Kier alpha value is -7.42. The van der Waals surface area contributed by atoms with Crippen molar-refractivity contribution >= 4 is 43.6 Å². The summed E-state index contributed by atoms with van der Waals surface area (Å²) in [5, 5.41) is 4.99. The van der Waals surface area contributed by atoms with Crippen LogP contribution < -0.4 is 0 Å². The SMILES string of the molecule is c1ccc(-c2ccc(-c3cccc(-n4c5ccccc5c5ccc(-c6ccc7c(c6)c6ccccc6n7-c6cccc(-c7ccccc7)c6)cc54)c3)cc2)cc1. The Morgan fingerprint density at radius 1 is 0.196 bits per heavy atom. The maximum absolute atomic E-state index is 2.43. The van der Waals surface area contributed by atoms with Crippen molar-refractivity contribution in [3.05, 3.63) is 218 Å². The molecule has 0 radical (unpaired) electrons. The van der Waals surface area contributed by atoms with Crippen molar-refractivity contribution in [3.63, 3.8) is 0 Å². The van der Waals surface area contributed by atoms with E-state index in [0.29, 0.717) is 0 Å². The first-order valence-corrected chi connectivity index (χ1v) is 19.3. The van der Waals surface area contributed by atoms with Crippen LogP contribution >= 0.6 is 0 Å². The van der Waals surface area contributed by atoms with E-state index in [9.17, 15) is 0 Å². The molecule has 0 aliphatic carbocycles. The van der Waals surface area contributed by atoms with Gasteiger partial charge in [-0.2, -0.15) is 0 Å². The van der Waals surface area contributed by atoms with Gasteiger partial charge in [0.05, 0.1) is 22.1 Å². The molecule has 0 aliphatic heterocycles. The fourth-order valence-electron chi connectivity index (χ4n) is 8.62. The molecule has 2 heterocycles. The Morgan fingerprint density at radius 3 is 1.20 bits per heavy atom. The fraction of sp³-hybridized carbons (Fsp3) is 0. The molecule has 0 fully saturated rings. The Labute approximate surface area is 325 Å². The molecule has 9 aromatic carbocycles. The van der Waals surface area contributed by atoms with Gasteiger partial charge in [0.2, 0.25) is 0 Å². The standard InChI is InChI=1S/C54H36N2/c1-3-13-37(14-4-1)39-25-27-40(28-26-39)42-18-12-20-46(34-42)56-51-23-9-7-21-47(51)49-31-29-44(36-54(49)56)43-30-32-53-50(35-43)48-22-8-10-24-52(48)55(53)45-19-11-17-41(33-45)38-15-5-2-6-16-38/h1-36H. The molecule has 0 N–H and O–H groups in total. The van der Waals surface area contributed by atoms with Crippen molar-refractivity contribution in [2.24, 2.45) is 0 Å². The van der Waals surface area contributed by atoms with Crippen LogP contribution in [0.1, 0.15) is 0 Å². The van der Waals surface area contributed by atoms with Crippen LogP contribution in [0.2, 0.25) is 0 Å². The van der Waals surface area contributed by atoms with Crippen LogP contribution in [0.25, 0.3) is 99.5 Å². The van der Waals surface area contributed by atoms with Crippen LogP contribution in [-0.2, 0) is 0 Å². The lowest BCUT2D eigenvalue weighted by Crippen LogP contribution is -1.95. The average Bonchev–Trinajstić information content (AvgIpc) is 3.79. The van der Waals surface area contributed by atoms with Crippen molar-refractivity contribution in [1.82, 2.24) is 9.13 Å². The smallest absolute Gasteiger partial charge is 0.0547 e. The molecular weight excluding hydrogens is 677 g/mol. The topological polar surface area (TPSA) is 9.86 Å². The monoisotopic (exact) mass is 712 g/mol. The Kier molecular flexibility index (Phi) is 7.53. The Bertz CT molecular complexity index is 3220. The zero-order valence-electron chi connectivity index (χ0n) is 30.7. The summed E-state index contributed by atoms with van der Waals surface area (Å²) in [6, 6.07) is 79.4. The minimum absolute atomic E-state index is 1.15. The summed E-state index contributed by atoms with van der Waals surface area (Å²) in [7, 11) is 0. The number of rotatable bonds is 6. The van der Waals surface area contributed by atoms with Crippen molar-refractivity contribution in [3.8, 4) is 55.9 Å². The second-order valence-corrected chi connectivity index (χ2v) is 14.6. The molecule has 0 saturated carbocycles. The van der Waals surface area contributed by atoms with Crippen LogP contribution in [0.5, 0.6) is 0 Å². The molecule has 56 heavy (non-hydrogen) atoms. The molecule has 2 nitrogen and oxygen atoms in total. The van der Waals surface area contributed by atoms with E-state index in [2.05, 4.69) is 228 Å². The predicted molar refractivity (Wildman–Crippen MR) is 237 cm³/mol. The van der Waals surface area contributed by atoms with Gasteiger partial charge in [-0.3, -0.25) is 0 Å². The molecule has 0 amide bonds. The molecule has 262 valence electrons. The molecule has 2 heteroatoms. The number of nitrogens with zero attached hydrogens (tertiary/aromatic N) is 2. The second-order valence-electron chi connectivity index (χ2n) is 14.6. The number of fused-ring (bicyclic) bond motifs is 6. The summed E-state index contributed by atoms with van der Waals surface area (Å²) >= 11 is 0. The zero-order valence-corrected chi connectivity index (χ0v) is 30.7. The summed E-state index contributed by atoms with van der Waals surface area (Å²) in [6.07, 6.45) is 0. The van der Waals surface area contributed by atoms with Crippen molar-refractivity contribution in [2.45, 2.75) is 0 Å². The largest absolute Gasteiger partial charge is 0.309 e. The molecule has 2 aromatic heterocycles. The normalized spacial score (nSPS) is 11.6. The van der Waals surface area contributed by atoms with Crippen LogP contribution in [0, 0.1) is 0 Å². The molecule has 0 unspecified atom stereocenters. The van der Waals surface area contributed by atoms with E-state index >= 15 is 0 Å². The first-order valence-electron chi connectivity index (χ1n) is 19.3. The number of hydrogen-bond donors (Lipinski definition) is 0. The highest BCUT2D eigenvalue weighted by molar-refractivity contribution is 6.12. The Morgan fingerprint density at radius 2 is 0.571 bits per heavy atom. The Balaban J connectivity index is 1.03. The van der Waals surface area contributed by atoms with Crippen LogP contribution in [-0.4, -0.2) is 9.13 Å². The minimum atomic E-state index is 1.15. The van der Waals surface area contributed by atoms with Gasteiger partial charge < -0.3 is 9.13 Å². The van der Waals surface area contributed by atoms with Gasteiger partial charge in [0.15, 0.2) is 0 Å². The highest BCUT2D eigenvalue weighted by Gasteiger charge is 2.17. The molecule has 0 atom stereocenters. The minimum Gasteiger partial charge on any atom is -0.309 e. The van der Waals surface area contributed by atoms with E-state index in [1.54, 1.807) is 0 Å². The van der Waals surface area contributed by atoms with Gasteiger partial charge in [-0.1, -0.05) is 164 Å². The van der Waals surface area contributed by atoms with E-state index in [-0.39, 0.29) is 0 Å². The zero-order chi connectivity index (χ0) is 37.0. The van der Waals surface area contributed by atoms with Crippen LogP contribution in [0.15, 0.2) is 218 Å². The molecule has 0 spiro atoms. The van der Waals surface area contributed by atoms with E-state index in [4.69, 9.17) is 0 Å². The lowest BCUT2D eigenvalue weighted by atomic mass is 10.00. The van der Waals surface area contributed by atoms with Gasteiger partial charge >= 0.3 is 0 Å². The van der Waals surface area contributed by atoms with Crippen LogP contribution in [0.3, 0.4) is 0 Å². The fourth-order valence-corrected chi connectivity index (χ4v) is 8.62. The third-order valence-corrected chi connectivity index (χ3v) is 11.3. The third-order valence-electron chi connectivity index (χ3n) is 11.3. The highest BCUT2D eigenvalue weighted by atomic mass is 15.0. The lowest BCUT2D eigenvalue weighted by molar-refractivity contribution is 1.18. The van der Waals surface area contributed by atoms with E-state index in [1.807, 2.05) is 0 Å². The summed E-state index contributed by atoms with van der Waals surface area (Å²) in [4.78, 5) is 0. The first kappa shape index (κ1) is 32.0. The number of hydrogen-bond acceptors (Lipinski definition) is 0. The first-order chi connectivity index (χ1) is 27.8. The van der Waals surface area contributed by atoms with Gasteiger partial charge in [0, 0.05) is 32.9 Å².